The maximum atomic E-state index is 11.3. The van der Waals surface area contributed by atoms with Crippen LogP contribution in [0.1, 0.15) is 5.56 Å². The van der Waals surface area contributed by atoms with Gasteiger partial charge in [-0.05, 0) is 12.1 Å². The number of nitrogens with zero attached hydrogens (tertiary/aromatic N) is 2. The average Bonchev–Trinajstić information content (AvgIpc) is 2.66. The van der Waals surface area contributed by atoms with E-state index < -0.39 is 60.7 Å². The van der Waals surface area contributed by atoms with Crippen LogP contribution < -0.4 is 0 Å². The van der Waals surface area contributed by atoms with Crippen molar-refractivity contribution in [1.82, 2.24) is 4.98 Å². The number of alkyl halides is 12. The summed E-state index contributed by atoms with van der Waals surface area (Å²) in [6.45, 7) is 0. The predicted molar refractivity (Wildman–Crippen MR) is 81.8 cm³/mol. The van der Waals surface area contributed by atoms with Crippen molar-refractivity contribution in [2.75, 3.05) is 0 Å². The molecule has 0 N–H and O–H groups in total. The second-order valence-corrected chi connectivity index (χ2v) is 5.08. The van der Waals surface area contributed by atoms with Gasteiger partial charge in [0.05, 0.1) is 11.6 Å². The molecule has 1 rings (SSSR count). The van der Waals surface area contributed by atoms with Crippen molar-refractivity contribution in [3.8, 4) is 6.07 Å². The number of rotatable bonds is 4. The van der Waals surface area contributed by atoms with Crippen molar-refractivity contribution in [3.05, 3.63) is 42.9 Å². The van der Waals surface area contributed by atoms with Crippen molar-refractivity contribution in [2.24, 2.45) is 0 Å². The van der Waals surface area contributed by atoms with Gasteiger partial charge >= 0.3 is 41.8 Å². The molecule has 1 aromatic rings. The molecule has 0 saturated carbocycles. The second-order valence-electron chi connectivity index (χ2n) is 5.08. The summed E-state index contributed by atoms with van der Waals surface area (Å²) in [5.74, 6) is -11.3. The molecule has 1 heterocycles. The standard InChI is InChI=1S/C6H4N2.2C5HF6O2.Cu/c7-5-6-1-3-8-4-2-6;2*6-4(7,8)2(12)1-3(13)5(9,10)11;/h1-4H;2*1H;/q;2*-1;+2. The number of nitriles is 1. The van der Waals surface area contributed by atoms with Gasteiger partial charge < -0.3 is 19.2 Å². The molecule has 0 amide bonds. The number of ketones is 4. The van der Waals surface area contributed by atoms with Crippen LogP contribution >= 0.6 is 0 Å². The Labute approximate surface area is 196 Å². The van der Waals surface area contributed by atoms with Gasteiger partial charge in [-0.2, -0.15) is 57.9 Å². The third kappa shape index (κ3) is 16.9. The summed E-state index contributed by atoms with van der Waals surface area (Å²) in [7, 11) is 0. The van der Waals surface area contributed by atoms with Crippen LogP contribution in [0.4, 0.5) is 52.7 Å². The molecule has 0 bridgehead atoms. The zero-order valence-electron chi connectivity index (χ0n) is 15.8. The Morgan fingerprint density at radius 3 is 1.00 bits per heavy atom. The first kappa shape index (κ1) is 36.3. The number of hydrogen-bond donors (Lipinski definition) is 0. The molecule has 0 aliphatic heterocycles. The molecule has 199 valence electrons. The fraction of sp³-hybridized carbons (Fsp3) is 0.250. The van der Waals surface area contributed by atoms with E-state index in [0.29, 0.717) is 5.56 Å². The molecule has 35 heavy (non-hydrogen) atoms. The van der Waals surface area contributed by atoms with E-state index in [1.54, 1.807) is 24.5 Å². The predicted octanol–water partition coefficient (Wildman–Crippen LogP) is 3.86. The molecular formula is C16H6CuF12N2O4. The summed E-state index contributed by atoms with van der Waals surface area (Å²) in [5.41, 5.74) is 0.653. The van der Waals surface area contributed by atoms with E-state index in [-0.39, 0.29) is 17.1 Å². The minimum atomic E-state index is -5.46. The molecule has 0 fully saturated rings. The first-order chi connectivity index (χ1) is 15.0. The Hall–Kier alpha value is -3.26. The van der Waals surface area contributed by atoms with Gasteiger partial charge in [-0.1, -0.05) is 0 Å². The third-order valence-corrected chi connectivity index (χ3v) is 2.45. The van der Waals surface area contributed by atoms with E-state index in [9.17, 15) is 71.9 Å². The minimum absolute atomic E-state index is 0. The Morgan fingerprint density at radius 1 is 0.629 bits per heavy atom. The zero-order chi connectivity index (χ0) is 27.5. The van der Waals surface area contributed by atoms with Gasteiger partial charge in [-0.3, -0.25) is 4.98 Å². The number of hydrogen-bond acceptors (Lipinski definition) is 6. The number of aromatic nitrogens is 1. The number of carbonyl (C=O) groups is 4. The average molecular weight is 582 g/mol. The molecular weight excluding hydrogens is 576 g/mol. The van der Waals surface area contributed by atoms with Gasteiger partial charge in [0.25, 0.3) is 0 Å². The summed E-state index contributed by atoms with van der Waals surface area (Å²) < 4.78 is 136. The van der Waals surface area contributed by atoms with Gasteiger partial charge in [-0.25, -0.2) is 12.8 Å². The van der Waals surface area contributed by atoms with Crippen molar-refractivity contribution in [3.63, 3.8) is 0 Å². The maximum absolute atomic E-state index is 11.3. The summed E-state index contributed by atoms with van der Waals surface area (Å²) in [4.78, 5) is 43.0. The molecule has 0 aliphatic rings. The molecule has 1 radical (unpaired) electrons. The van der Waals surface area contributed by atoms with Crippen LogP contribution in [0.5, 0.6) is 0 Å². The summed E-state index contributed by atoms with van der Waals surface area (Å²) in [6.07, 6.45) is -20.7. The monoisotopic (exact) mass is 581 g/mol. The van der Waals surface area contributed by atoms with Crippen LogP contribution in [0, 0.1) is 24.2 Å². The third-order valence-electron chi connectivity index (χ3n) is 2.45. The Bertz CT molecular complexity index is 803. The second kappa shape index (κ2) is 14.2. The van der Waals surface area contributed by atoms with Crippen LogP contribution in [0.2, 0.25) is 0 Å². The molecule has 0 aromatic carbocycles. The van der Waals surface area contributed by atoms with Gasteiger partial charge in [0.15, 0.2) is 0 Å². The van der Waals surface area contributed by atoms with E-state index in [0.717, 1.165) is 0 Å². The number of Topliss-reactive ketones (excluding diaryl/α,β-unsaturated/α-hetero) is 4. The van der Waals surface area contributed by atoms with Crippen molar-refractivity contribution >= 4 is 23.1 Å². The Morgan fingerprint density at radius 2 is 0.857 bits per heavy atom. The molecule has 0 spiro atoms. The first-order valence-corrected chi connectivity index (χ1v) is 7.47. The maximum Gasteiger partial charge on any atom is 2.00 e. The summed E-state index contributed by atoms with van der Waals surface area (Å²) in [5, 5.41) is 8.26. The normalized spacial score (nSPS) is 11.1. The smallest absolute Gasteiger partial charge is 0.324 e. The molecule has 0 atom stereocenters. The van der Waals surface area contributed by atoms with Crippen LogP contribution in [0.25, 0.3) is 0 Å². The van der Waals surface area contributed by atoms with E-state index >= 15 is 0 Å². The van der Waals surface area contributed by atoms with Crippen LogP contribution in [0.15, 0.2) is 24.5 Å². The van der Waals surface area contributed by atoms with Gasteiger partial charge in [-0.15, -0.1) is 0 Å². The molecule has 6 nitrogen and oxygen atoms in total. The van der Waals surface area contributed by atoms with E-state index in [4.69, 9.17) is 5.26 Å². The van der Waals surface area contributed by atoms with Gasteiger partial charge in [0, 0.05) is 12.4 Å². The van der Waals surface area contributed by atoms with Crippen LogP contribution in [-0.2, 0) is 36.2 Å². The Balaban J connectivity index is -0.000000444. The number of carbonyl (C=O) groups excluding carboxylic acids is 4. The fourth-order valence-electron chi connectivity index (χ4n) is 0.992. The van der Waals surface area contributed by atoms with Crippen LogP contribution in [-0.4, -0.2) is 52.8 Å². The molecule has 0 saturated heterocycles. The van der Waals surface area contributed by atoms with Crippen molar-refractivity contribution in [2.45, 2.75) is 24.7 Å². The largest absolute Gasteiger partial charge is 2.00 e. The first-order valence-electron chi connectivity index (χ1n) is 7.47. The van der Waals surface area contributed by atoms with Crippen molar-refractivity contribution in [1.29, 1.82) is 5.26 Å². The molecule has 0 unspecified atom stereocenters. The SMILES string of the molecule is N#Cc1ccncc1.O=C([CH-]C(=O)C(F)(F)F)C(F)(F)F.O=C([CH-]C(=O)C(F)(F)F)C(F)(F)F.[Cu+2]. The van der Waals surface area contributed by atoms with Crippen LogP contribution in [0.3, 0.4) is 0 Å². The van der Waals surface area contributed by atoms with E-state index in [1.807, 2.05) is 6.07 Å². The van der Waals surface area contributed by atoms with Crippen molar-refractivity contribution < 1.29 is 88.9 Å². The number of halogens is 12. The minimum Gasteiger partial charge on any atom is -0.324 e. The number of pyridine rings is 1. The molecule has 1 aromatic heterocycles. The van der Waals surface area contributed by atoms with Gasteiger partial charge in [0.1, 0.15) is 23.1 Å². The quantitative estimate of drug-likeness (QED) is 0.232. The Kier molecular flexibility index (Phi) is 14.7. The molecule has 19 heteroatoms. The molecule has 0 aliphatic carbocycles. The van der Waals surface area contributed by atoms with E-state index in [1.165, 1.54) is 0 Å². The summed E-state index contributed by atoms with van der Waals surface area (Å²) >= 11 is 0. The fourth-order valence-corrected chi connectivity index (χ4v) is 0.992. The topological polar surface area (TPSA) is 105 Å². The zero-order valence-corrected chi connectivity index (χ0v) is 16.8. The van der Waals surface area contributed by atoms with Gasteiger partial charge in [0.2, 0.25) is 0 Å². The summed E-state index contributed by atoms with van der Waals surface area (Å²) in [6, 6.07) is 5.32. The van der Waals surface area contributed by atoms with E-state index in [2.05, 4.69) is 4.98 Å².